The lowest BCUT2D eigenvalue weighted by molar-refractivity contribution is 0.303. The molecule has 7 nitrogen and oxygen atoms in total. The molecule has 2 aromatic heterocycles. The number of hydrogen-bond acceptors (Lipinski definition) is 6. The number of hydrogen-bond donors (Lipinski definition) is 0. The van der Waals surface area contributed by atoms with Crippen LogP contribution in [0.1, 0.15) is 40.9 Å². The Balaban J connectivity index is 1.69. The van der Waals surface area contributed by atoms with Crippen molar-refractivity contribution in [3.63, 3.8) is 0 Å². The monoisotopic (exact) mass is 506 g/mol. The molecule has 0 atom stereocenters. The molecule has 0 N–H and O–H groups in total. The summed E-state index contributed by atoms with van der Waals surface area (Å²) in [7, 11) is 0.762. The van der Waals surface area contributed by atoms with Gasteiger partial charge in [-0.15, -0.1) is 0 Å². The Morgan fingerprint density at radius 2 is 2.03 bits per heavy atom. The van der Waals surface area contributed by atoms with Gasteiger partial charge < -0.3 is 9.64 Å². The number of aryl methyl sites for hydroxylation is 2. The van der Waals surface area contributed by atoms with Crippen molar-refractivity contribution in [3.8, 4) is 5.75 Å². The average molecular weight is 507 g/mol. The molecule has 4 rings (SSSR count). The summed E-state index contributed by atoms with van der Waals surface area (Å²) < 4.78 is 33.0. The van der Waals surface area contributed by atoms with Crippen LogP contribution >= 0.6 is 0 Å². The van der Waals surface area contributed by atoms with E-state index in [1.54, 1.807) is 16.6 Å². The molecule has 1 aliphatic rings. The maximum absolute atomic E-state index is 12.6. The first-order chi connectivity index (χ1) is 17.2. The summed E-state index contributed by atoms with van der Waals surface area (Å²) in [6.45, 7) is 8.91. The van der Waals surface area contributed by atoms with Gasteiger partial charge in [-0.25, -0.2) is 13.4 Å². The molecule has 190 valence electrons. The lowest BCUT2D eigenvalue weighted by Crippen LogP contribution is -2.37. The van der Waals surface area contributed by atoms with Gasteiger partial charge in [-0.2, -0.15) is 4.31 Å². The van der Waals surface area contributed by atoms with Gasteiger partial charge in [0, 0.05) is 54.7 Å². The van der Waals surface area contributed by atoms with Crippen LogP contribution in [-0.2, 0) is 23.2 Å². The minimum absolute atomic E-state index is 0.198. The standard InChI is InChI=1S/C28H34N4O3S/c1-6-10-26(31(4)5)23-17-21(3)30-28-22(23)11-9-12-27(28)35-19-24-20(2)13-14-29-25(24)18-32-15-7-8-16-36(32,33)34/h6,9-14,17H,1,7-8,15-16,18-19H2,2-5H3/b26-10-. The third-order valence-corrected chi connectivity index (χ3v) is 8.40. The van der Waals surface area contributed by atoms with E-state index in [9.17, 15) is 8.42 Å². The molecule has 0 bridgehead atoms. The van der Waals surface area contributed by atoms with E-state index in [2.05, 4.69) is 22.5 Å². The minimum Gasteiger partial charge on any atom is -0.487 e. The normalized spacial score (nSPS) is 16.2. The Hall–Kier alpha value is -3.23. The quantitative estimate of drug-likeness (QED) is 0.407. The molecule has 0 spiro atoms. The fourth-order valence-electron chi connectivity index (χ4n) is 4.58. The van der Waals surface area contributed by atoms with Crippen LogP contribution in [0, 0.1) is 13.8 Å². The Bertz CT molecular complexity index is 1410. The zero-order valence-corrected chi connectivity index (χ0v) is 22.3. The predicted molar refractivity (Wildman–Crippen MR) is 145 cm³/mol. The highest BCUT2D eigenvalue weighted by Crippen LogP contribution is 2.32. The Morgan fingerprint density at radius 1 is 1.22 bits per heavy atom. The molecule has 0 saturated carbocycles. The molecule has 3 aromatic rings. The molecule has 0 amide bonds. The number of pyridine rings is 2. The fraction of sp³-hybridized carbons (Fsp3) is 0.357. The third kappa shape index (κ3) is 5.44. The summed E-state index contributed by atoms with van der Waals surface area (Å²) in [4.78, 5) is 11.4. The highest BCUT2D eigenvalue weighted by atomic mass is 32.2. The van der Waals surface area contributed by atoms with Crippen molar-refractivity contribution in [3.05, 3.63) is 83.3 Å². The van der Waals surface area contributed by atoms with Crippen molar-refractivity contribution < 1.29 is 13.2 Å². The average Bonchev–Trinajstić information content (AvgIpc) is 2.83. The summed E-state index contributed by atoms with van der Waals surface area (Å²) in [6, 6.07) is 9.94. The predicted octanol–water partition coefficient (Wildman–Crippen LogP) is 4.84. The van der Waals surface area contributed by atoms with E-state index >= 15 is 0 Å². The van der Waals surface area contributed by atoms with Gasteiger partial charge >= 0.3 is 0 Å². The van der Waals surface area contributed by atoms with Crippen molar-refractivity contribution in [2.24, 2.45) is 0 Å². The molecular weight excluding hydrogens is 472 g/mol. The molecule has 1 saturated heterocycles. The van der Waals surface area contributed by atoms with Crippen molar-refractivity contribution in [1.29, 1.82) is 0 Å². The van der Waals surface area contributed by atoms with Gasteiger partial charge in [0.05, 0.1) is 18.0 Å². The van der Waals surface area contributed by atoms with Gasteiger partial charge in [0.25, 0.3) is 0 Å². The highest BCUT2D eigenvalue weighted by Gasteiger charge is 2.27. The van der Waals surface area contributed by atoms with Gasteiger partial charge in [0.1, 0.15) is 17.9 Å². The van der Waals surface area contributed by atoms with E-state index in [-0.39, 0.29) is 18.9 Å². The Morgan fingerprint density at radius 3 is 2.75 bits per heavy atom. The number of sulfonamides is 1. The number of benzene rings is 1. The largest absolute Gasteiger partial charge is 0.487 e. The molecule has 1 aromatic carbocycles. The Kier molecular flexibility index (Phi) is 7.76. The van der Waals surface area contributed by atoms with E-state index in [1.807, 2.05) is 58.3 Å². The first-order valence-corrected chi connectivity index (χ1v) is 13.8. The molecular formula is C28H34N4O3S. The number of allylic oxidation sites excluding steroid dienone is 2. The Labute approximate surface area is 214 Å². The maximum atomic E-state index is 12.6. The molecule has 0 radical (unpaired) electrons. The summed E-state index contributed by atoms with van der Waals surface area (Å²) in [5, 5.41) is 0.988. The SMILES string of the molecule is C=C/C=C(/c1cc(C)nc2c(OCc3c(C)ccnc3CN3CCCCS3(=O)=O)cccc12)N(C)C. The zero-order valence-electron chi connectivity index (χ0n) is 21.5. The zero-order chi connectivity index (χ0) is 25.9. The van der Waals surface area contributed by atoms with Crippen LogP contribution < -0.4 is 4.74 Å². The first kappa shape index (κ1) is 25.9. The second kappa shape index (κ2) is 10.8. The number of rotatable bonds is 8. The molecule has 1 fully saturated rings. The van der Waals surface area contributed by atoms with Crippen LogP contribution in [0.4, 0.5) is 0 Å². The third-order valence-electron chi connectivity index (χ3n) is 6.49. The van der Waals surface area contributed by atoms with E-state index in [4.69, 9.17) is 9.72 Å². The van der Waals surface area contributed by atoms with Crippen molar-refractivity contribution in [1.82, 2.24) is 19.2 Å². The van der Waals surface area contributed by atoms with Crippen LogP contribution in [-0.4, -0.2) is 54.0 Å². The van der Waals surface area contributed by atoms with E-state index in [0.717, 1.165) is 51.1 Å². The summed E-state index contributed by atoms with van der Waals surface area (Å²) in [5.74, 6) is 0.873. The highest BCUT2D eigenvalue weighted by molar-refractivity contribution is 7.89. The molecule has 0 unspecified atom stereocenters. The van der Waals surface area contributed by atoms with Crippen LogP contribution in [0.25, 0.3) is 16.6 Å². The van der Waals surface area contributed by atoms with Crippen LogP contribution in [0.5, 0.6) is 5.75 Å². The van der Waals surface area contributed by atoms with Crippen LogP contribution in [0.3, 0.4) is 0 Å². The lowest BCUT2D eigenvalue weighted by Gasteiger charge is -2.27. The van der Waals surface area contributed by atoms with E-state index in [1.165, 1.54) is 0 Å². The van der Waals surface area contributed by atoms with Gasteiger partial charge in [-0.3, -0.25) is 4.98 Å². The lowest BCUT2D eigenvalue weighted by atomic mass is 10.0. The second-order valence-corrected chi connectivity index (χ2v) is 11.4. The van der Waals surface area contributed by atoms with Gasteiger partial charge in [0.2, 0.25) is 10.0 Å². The summed E-state index contributed by atoms with van der Waals surface area (Å²) >= 11 is 0. The van der Waals surface area contributed by atoms with Gasteiger partial charge in [-0.1, -0.05) is 24.8 Å². The van der Waals surface area contributed by atoms with Gasteiger partial charge in [-0.05, 0) is 56.5 Å². The fourth-order valence-corrected chi connectivity index (χ4v) is 6.14. The first-order valence-electron chi connectivity index (χ1n) is 12.2. The number of aromatic nitrogens is 2. The van der Waals surface area contributed by atoms with Gasteiger partial charge in [0.15, 0.2) is 0 Å². The summed E-state index contributed by atoms with van der Waals surface area (Å²) in [5.41, 5.74) is 6.42. The summed E-state index contributed by atoms with van der Waals surface area (Å²) in [6.07, 6.45) is 7.08. The van der Waals surface area contributed by atoms with Crippen LogP contribution in [0.15, 0.2) is 55.3 Å². The van der Waals surface area contributed by atoms with E-state index in [0.29, 0.717) is 18.7 Å². The van der Waals surface area contributed by atoms with Crippen molar-refractivity contribution in [2.45, 2.75) is 39.8 Å². The molecule has 3 heterocycles. The van der Waals surface area contributed by atoms with Crippen molar-refractivity contribution in [2.75, 3.05) is 26.4 Å². The smallest absolute Gasteiger partial charge is 0.214 e. The molecule has 36 heavy (non-hydrogen) atoms. The van der Waals surface area contributed by atoms with Crippen molar-refractivity contribution >= 4 is 26.6 Å². The maximum Gasteiger partial charge on any atom is 0.214 e. The number of fused-ring (bicyclic) bond motifs is 1. The number of nitrogens with zero attached hydrogens (tertiary/aromatic N) is 4. The van der Waals surface area contributed by atoms with E-state index < -0.39 is 10.0 Å². The minimum atomic E-state index is -3.25. The topological polar surface area (TPSA) is 75.6 Å². The van der Waals surface area contributed by atoms with Crippen LogP contribution in [0.2, 0.25) is 0 Å². The molecule has 0 aliphatic carbocycles. The number of ether oxygens (including phenoxy) is 1. The molecule has 1 aliphatic heterocycles. The molecule has 8 heteroatoms. The second-order valence-electron chi connectivity index (χ2n) is 9.34. The number of para-hydroxylation sites is 1.